The monoisotopic (exact) mass is 515 g/mol. The largest absolute Gasteiger partial charge is 0.497 e. The fourth-order valence-corrected chi connectivity index (χ4v) is 3.76. The van der Waals surface area contributed by atoms with Gasteiger partial charge in [-0.2, -0.15) is 4.98 Å². The van der Waals surface area contributed by atoms with Crippen molar-refractivity contribution in [2.75, 3.05) is 31.1 Å². The molecule has 11 heteroatoms. The van der Waals surface area contributed by atoms with Gasteiger partial charge in [-0.05, 0) is 42.0 Å². The van der Waals surface area contributed by atoms with Gasteiger partial charge in [-0.3, -0.25) is 0 Å². The Balaban J connectivity index is 0.00000342. The number of benzene rings is 3. The molecule has 0 radical (unpaired) electrons. The predicted molar refractivity (Wildman–Crippen MR) is 141 cm³/mol. The van der Waals surface area contributed by atoms with Crippen LogP contribution < -0.4 is 24.8 Å². The van der Waals surface area contributed by atoms with Crippen molar-refractivity contribution in [3.63, 3.8) is 0 Å². The van der Waals surface area contributed by atoms with Crippen molar-refractivity contribution in [3.05, 3.63) is 72.3 Å². The molecule has 184 valence electrons. The summed E-state index contributed by atoms with van der Waals surface area (Å²) in [6.45, 7) is 0.220. The van der Waals surface area contributed by atoms with E-state index in [1.165, 1.54) is 0 Å². The number of nitrogens with one attached hydrogen (secondary N) is 3. The Morgan fingerprint density at radius 2 is 1.60 bits per heavy atom. The van der Waals surface area contributed by atoms with Crippen LogP contribution in [0.1, 0.15) is 5.56 Å². The van der Waals surface area contributed by atoms with Crippen molar-refractivity contribution in [3.8, 4) is 11.5 Å². The summed E-state index contributed by atoms with van der Waals surface area (Å²) >= 11 is 0. The number of para-hydroxylation sites is 1. The van der Waals surface area contributed by atoms with Crippen LogP contribution in [0.3, 0.4) is 0 Å². The highest BCUT2D eigenvalue weighted by atomic mass is 35.5. The Morgan fingerprint density at radius 1 is 0.857 bits per heavy atom. The minimum atomic E-state index is -3.26. The van der Waals surface area contributed by atoms with E-state index in [2.05, 4.69) is 20.3 Å². The number of rotatable bonds is 9. The molecule has 35 heavy (non-hydrogen) atoms. The van der Waals surface area contributed by atoms with Gasteiger partial charge >= 0.3 is 0 Å². The van der Waals surface area contributed by atoms with Crippen molar-refractivity contribution >= 4 is 56.5 Å². The van der Waals surface area contributed by atoms with Gasteiger partial charge in [0.15, 0.2) is 0 Å². The quantitative estimate of drug-likeness (QED) is 0.296. The van der Waals surface area contributed by atoms with E-state index in [9.17, 15) is 8.42 Å². The molecule has 9 nitrogen and oxygen atoms in total. The Morgan fingerprint density at radius 3 is 2.29 bits per heavy atom. The van der Waals surface area contributed by atoms with Crippen LogP contribution in [0.4, 0.5) is 23.1 Å². The number of aromatic nitrogens is 2. The molecule has 3 N–H and O–H groups in total. The summed E-state index contributed by atoms with van der Waals surface area (Å²) < 4.78 is 35.9. The van der Waals surface area contributed by atoms with Crippen LogP contribution in [-0.4, -0.2) is 38.9 Å². The van der Waals surface area contributed by atoms with Crippen LogP contribution in [0.2, 0.25) is 0 Å². The molecular formula is C24H26ClN5O4S. The van der Waals surface area contributed by atoms with Gasteiger partial charge in [0.1, 0.15) is 22.8 Å². The molecule has 0 aliphatic heterocycles. The third kappa shape index (κ3) is 6.72. The van der Waals surface area contributed by atoms with Crippen LogP contribution >= 0.6 is 12.4 Å². The Bertz CT molecular complexity index is 1420. The van der Waals surface area contributed by atoms with Gasteiger partial charge in [0, 0.05) is 29.4 Å². The van der Waals surface area contributed by atoms with Gasteiger partial charge in [-0.15, -0.1) is 12.4 Å². The minimum absolute atomic E-state index is 0. The Kier molecular flexibility index (Phi) is 8.34. The first-order valence-corrected chi connectivity index (χ1v) is 12.3. The third-order valence-corrected chi connectivity index (χ3v) is 5.66. The van der Waals surface area contributed by atoms with E-state index in [0.29, 0.717) is 23.0 Å². The van der Waals surface area contributed by atoms with E-state index in [4.69, 9.17) is 14.5 Å². The second-order valence-corrected chi connectivity index (χ2v) is 9.36. The zero-order valence-electron chi connectivity index (χ0n) is 19.4. The van der Waals surface area contributed by atoms with Crippen LogP contribution in [0.5, 0.6) is 11.5 Å². The lowest BCUT2D eigenvalue weighted by Gasteiger charge is -2.14. The fourth-order valence-electron chi connectivity index (χ4n) is 3.33. The molecule has 1 heterocycles. The molecular weight excluding hydrogens is 490 g/mol. The zero-order chi connectivity index (χ0) is 24.1. The lowest BCUT2D eigenvalue weighted by Crippen LogP contribution is -2.21. The number of halogens is 1. The number of nitrogens with zero attached hydrogens (tertiary/aromatic N) is 2. The molecule has 4 rings (SSSR count). The summed E-state index contributed by atoms with van der Waals surface area (Å²) in [5.41, 5.74) is 3.06. The average Bonchev–Trinajstić information content (AvgIpc) is 2.83. The van der Waals surface area contributed by atoms with Crippen molar-refractivity contribution < 1.29 is 17.9 Å². The zero-order valence-corrected chi connectivity index (χ0v) is 21.0. The summed E-state index contributed by atoms with van der Waals surface area (Å²) in [6, 6.07) is 20.6. The first-order valence-electron chi connectivity index (χ1n) is 10.4. The maximum absolute atomic E-state index is 11.3. The van der Waals surface area contributed by atoms with E-state index >= 15 is 0 Å². The molecule has 0 bridgehead atoms. The third-order valence-electron chi connectivity index (χ3n) is 4.99. The predicted octanol–water partition coefficient (Wildman–Crippen LogP) is 4.61. The van der Waals surface area contributed by atoms with Gasteiger partial charge in [0.2, 0.25) is 16.0 Å². The second kappa shape index (κ2) is 11.2. The number of fused-ring (bicyclic) bond motifs is 1. The smallest absolute Gasteiger partial charge is 0.229 e. The van der Waals surface area contributed by atoms with Gasteiger partial charge in [-0.25, -0.2) is 18.1 Å². The van der Waals surface area contributed by atoms with Gasteiger partial charge < -0.3 is 20.1 Å². The molecule has 1 aromatic heterocycles. The molecule has 0 saturated heterocycles. The van der Waals surface area contributed by atoms with E-state index in [1.54, 1.807) is 14.2 Å². The summed E-state index contributed by atoms with van der Waals surface area (Å²) in [5.74, 6) is 2.33. The fraction of sp³-hybridized carbons (Fsp3) is 0.167. The number of sulfonamides is 1. The topological polar surface area (TPSA) is 114 Å². The van der Waals surface area contributed by atoms with Gasteiger partial charge in [-0.1, -0.05) is 24.3 Å². The Hall–Kier alpha value is -3.60. The van der Waals surface area contributed by atoms with Crippen molar-refractivity contribution in [2.24, 2.45) is 0 Å². The van der Waals surface area contributed by atoms with Crippen molar-refractivity contribution in [2.45, 2.75) is 6.54 Å². The highest BCUT2D eigenvalue weighted by Gasteiger charge is 2.13. The number of hydrogen-bond acceptors (Lipinski definition) is 8. The van der Waals surface area contributed by atoms with Crippen molar-refractivity contribution in [1.29, 1.82) is 0 Å². The molecule has 0 unspecified atom stereocenters. The standard InChI is InChI=1S/C24H25N5O4S.ClH/c1-32-19-7-4-6-18(14-19)26-23-20-8-5-9-21(33-2)22(20)28-24(29-23)27-17-12-10-16(11-13-17)15-25-34(3,30)31;/h4-14,25H,15H2,1-3H3,(H2,26,27,28,29);1H. The highest BCUT2D eigenvalue weighted by Crippen LogP contribution is 2.32. The molecule has 0 amide bonds. The number of hydrogen-bond donors (Lipinski definition) is 3. The summed E-state index contributed by atoms with van der Waals surface area (Å²) in [4.78, 5) is 9.36. The van der Waals surface area contributed by atoms with Crippen LogP contribution in [0.15, 0.2) is 66.7 Å². The average molecular weight is 516 g/mol. The van der Waals surface area contributed by atoms with E-state index in [-0.39, 0.29) is 19.0 Å². The minimum Gasteiger partial charge on any atom is -0.497 e. The lowest BCUT2D eigenvalue weighted by molar-refractivity contribution is 0.415. The molecule has 0 aliphatic rings. The summed E-state index contributed by atoms with van der Waals surface area (Å²) in [6.07, 6.45) is 1.13. The first-order chi connectivity index (χ1) is 16.3. The highest BCUT2D eigenvalue weighted by molar-refractivity contribution is 7.88. The molecule has 0 aliphatic carbocycles. The lowest BCUT2D eigenvalue weighted by atomic mass is 10.2. The maximum atomic E-state index is 11.3. The van der Waals surface area contributed by atoms with E-state index < -0.39 is 10.0 Å². The summed E-state index contributed by atoms with van der Waals surface area (Å²) in [7, 11) is -0.0366. The van der Waals surface area contributed by atoms with Crippen molar-refractivity contribution in [1.82, 2.24) is 14.7 Å². The molecule has 4 aromatic rings. The molecule has 0 fully saturated rings. The first kappa shape index (κ1) is 26.0. The molecule has 3 aromatic carbocycles. The van der Waals surface area contributed by atoms with Gasteiger partial charge in [0.25, 0.3) is 0 Å². The molecule has 0 saturated carbocycles. The van der Waals surface area contributed by atoms with E-state index in [1.807, 2.05) is 66.7 Å². The number of anilines is 4. The van der Waals surface area contributed by atoms with Crippen LogP contribution in [0.25, 0.3) is 10.9 Å². The normalized spacial score (nSPS) is 10.9. The Labute approximate surface area is 210 Å². The van der Waals surface area contributed by atoms with Crippen LogP contribution in [-0.2, 0) is 16.6 Å². The SMILES string of the molecule is COc1cccc(Nc2nc(Nc3ccc(CNS(C)(=O)=O)cc3)nc3c(OC)cccc23)c1.Cl. The number of methoxy groups -OCH3 is 2. The van der Waals surface area contributed by atoms with E-state index in [0.717, 1.165) is 34.3 Å². The molecule has 0 atom stereocenters. The maximum Gasteiger partial charge on any atom is 0.229 e. The van der Waals surface area contributed by atoms with Gasteiger partial charge in [0.05, 0.1) is 20.5 Å². The second-order valence-electron chi connectivity index (χ2n) is 7.52. The summed E-state index contributed by atoms with van der Waals surface area (Å²) in [5, 5.41) is 7.36. The number of ether oxygens (including phenoxy) is 2. The molecule has 0 spiro atoms. The van der Waals surface area contributed by atoms with Crippen LogP contribution in [0, 0.1) is 0 Å².